The van der Waals surface area contributed by atoms with Crippen molar-refractivity contribution in [2.24, 2.45) is 5.73 Å². The second-order valence-corrected chi connectivity index (χ2v) is 4.77. The van der Waals surface area contributed by atoms with Crippen molar-refractivity contribution in [2.45, 2.75) is 17.9 Å². The number of hydrogen-bond donors (Lipinski definition) is 1. The Morgan fingerprint density at radius 2 is 2.08 bits per heavy atom. The van der Waals surface area contributed by atoms with Crippen LogP contribution in [0.2, 0.25) is 10.0 Å². The van der Waals surface area contributed by atoms with Crippen LogP contribution in [0.1, 0.15) is 6.92 Å². The van der Waals surface area contributed by atoms with E-state index in [4.69, 9.17) is 28.9 Å². The molecule has 1 atom stereocenters. The molecule has 0 aliphatic heterocycles. The Bertz CT molecular complexity index is 289. The topological polar surface area (TPSA) is 26.0 Å². The normalized spacial score (nSPS) is 12.9. The van der Waals surface area contributed by atoms with Crippen molar-refractivity contribution >= 4 is 35.0 Å². The molecule has 0 spiro atoms. The summed E-state index contributed by atoms with van der Waals surface area (Å²) in [6.07, 6.45) is 0. The number of thioether (sulfide) groups is 1. The molecule has 72 valence electrons. The summed E-state index contributed by atoms with van der Waals surface area (Å²) in [7, 11) is 0. The zero-order valence-electron chi connectivity index (χ0n) is 7.26. The van der Waals surface area contributed by atoms with Gasteiger partial charge in [0.1, 0.15) is 0 Å². The highest BCUT2D eigenvalue weighted by Gasteiger charge is 2.01. The van der Waals surface area contributed by atoms with Gasteiger partial charge in [-0.1, -0.05) is 23.2 Å². The summed E-state index contributed by atoms with van der Waals surface area (Å²) >= 11 is 13.3. The fourth-order valence-corrected chi connectivity index (χ4v) is 1.98. The zero-order valence-corrected chi connectivity index (χ0v) is 9.59. The molecule has 0 saturated carbocycles. The number of rotatable bonds is 3. The molecule has 0 radical (unpaired) electrons. The average Bonchev–Trinajstić information content (AvgIpc) is 2.07. The van der Waals surface area contributed by atoms with Crippen molar-refractivity contribution in [1.82, 2.24) is 0 Å². The molecule has 13 heavy (non-hydrogen) atoms. The van der Waals surface area contributed by atoms with E-state index in [9.17, 15) is 0 Å². The van der Waals surface area contributed by atoms with Gasteiger partial charge in [0.05, 0.1) is 10.0 Å². The van der Waals surface area contributed by atoms with Crippen LogP contribution in [0.25, 0.3) is 0 Å². The Kier molecular flexibility index (Phi) is 4.39. The van der Waals surface area contributed by atoms with E-state index in [2.05, 4.69) is 0 Å². The van der Waals surface area contributed by atoms with Crippen molar-refractivity contribution in [3.05, 3.63) is 28.2 Å². The second kappa shape index (κ2) is 5.11. The maximum absolute atomic E-state index is 5.85. The maximum atomic E-state index is 5.85. The van der Waals surface area contributed by atoms with Gasteiger partial charge in [0.15, 0.2) is 0 Å². The highest BCUT2D eigenvalue weighted by Crippen LogP contribution is 2.27. The monoisotopic (exact) mass is 235 g/mol. The summed E-state index contributed by atoms with van der Waals surface area (Å²) in [6.45, 7) is 1.98. The first-order valence-electron chi connectivity index (χ1n) is 3.93. The third-order valence-electron chi connectivity index (χ3n) is 1.40. The number of benzene rings is 1. The third kappa shape index (κ3) is 3.77. The lowest BCUT2D eigenvalue weighted by molar-refractivity contribution is 0.847. The minimum Gasteiger partial charge on any atom is -0.327 e. The van der Waals surface area contributed by atoms with Gasteiger partial charge in [-0.25, -0.2) is 0 Å². The Hall–Kier alpha value is 0.110. The molecule has 0 bridgehead atoms. The summed E-state index contributed by atoms with van der Waals surface area (Å²) in [5.41, 5.74) is 5.63. The van der Waals surface area contributed by atoms with E-state index in [-0.39, 0.29) is 6.04 Å². The van der Waals surface area contributed by atoms with Crippen LogP contribution in [0.15, 0.2) is 23.1 Å². The molecule has 1 unspecified atom stereocenters. The molecule has 1 aromatic rings. The van der Waals surface area contributed by atoms with Crippen molar-refractivity contribution < 1.29 is 0 Å². The average molecular weight is 236 g/mol. The molecule has 0 aliphatic carbocycles. The summed E-state index contributed by atoms with van der Waals surface area (Å²) < 4.78 is 0. The molecule has 0 heterocycles. The molecule has 0 saturated heterocycles. The van der Waals surface area contributed by atoms with E-state index in [0.29, 0.717) is 10.0 Å². The highest BCUT2D eigenvalue weighted by molar-refractivity contribution is 7.99. The van der Waals surface area contributed by atoms with Crippen LogP contribution in [-0.4, -0.2) is 11.8 Å². The summed E-state index contributed by atoms with van der Waals surface area (Å²) in [5, 5.41) is 1.18. The van der Waals surface area contributed by atoms with Gasteiger partial charge in [-0.2, -0.15) is 0 Å². The minimum atomic E-state index is 0.194. The molecule has 1 nitrogen and oxygen atoms in total. The lowest BCUT2D eigenvalue weighted by atomic mass is 10.4. The fourth-order valence-electron chi connectivity index (χ4n) is 0.794. The van der Waals surface area contributed by atoms with Crippen LogP contribution in [0.3, 0.4) is 0 Å². The smallest absolute Gasteiger partial charge is 0.0603 e. The van der Waals surface area contributed by atoms with Crippen LogP contribution >= 0.6 is 35.0 Å². The predicted octanol–water partition coefficient (Wildman–Crippen LogP) is 3.43. The maximum Gasteiger partial charge on any atom is 0.0603 e. The Morgan fingerprint density at radius 1 is 1.38 bits per heavy atom. The van der Waals surface area contributed by atoms with E-state index >= 15 is 0 Å². The van der Waals surface area contributed by atoms with Crippen molar-refractivity contribution in [2.75, 3.05) is 5.75 Å². The Labute approximate surface area is 92.6 Å². The van der Waals surface area contributed by atoms with Crippen LogP contribution < -0.4 is 5.73 Å². The molecule has 0 amide bonds. The lowest BCUT2D eigenvalue weighted by Crippen LogP contribution is -2.17. The van der Waals surface area contributed by atoms with Crippen LogP contribution in [0.5, 0.6) is 0 Å². The first-order chi connectivity index (χ1) is 6.09. The Morgan fingerprint density at radius 3 is 2.62 bits per heavy atom. The van der Waals surface area contributed by atoms with E-state index < -0.39 is 0 Å². The molecule has 4 heteroatoms. The van der Waals surface area contributed by atoms with Crippen LogP contribution in [0, 0.1) is 0 Å². The van der Waals surface area contributed by atoms with E-state index in [1.54, 1.807) is 17.8 Å². The van der Waals surface area contributed by atoms with Gasteiger partial charge < -0.3 is 5.73 Å². The molecule has 0 fully saturated rings. The quantitative estimate of drug-likeness (QED) is 0.813. The number of nitrogens with two attached hydrogens (primary N) is 1. The standard InChI is InChI=1S/C9H11Cl2NS/c1-6(12)5-13-7-2-3-8(10)9(11)4-7/h2-4,6H,5,12H2,1H3. The zero-order chi connectivity index (χ0) is 9.84. The van der Waals surface area contributed by atoms with Gasteiger partial charge in [0, 0.05) is 16.7 Å². The van der Waals surface area contributed by atoms with Gasteiger partial charge in [-0.3, -0.25) is 0 Å². The first-order valence-corrected chi connectivity index (χ1v) is 5.67. The first kappa shape index (κ1) is 11.2. The summed E-state index contributed by atoms with van der Waals surface area (Å²) in [4.78, 5) is 1.10. The number of hydrogen-bond acceptors (Lipinski definition) is 2. The van der Waals surface area contributed by atoms with Crippen molar-refractivity contribution in [3.8, 4) is 0 Å². The lowest BCUT2D eigenvalue weighted by Gasteiger charge is -2.05. The van der Waals surface area contributed by atoms with E-state index in [1.165, 1.54) is 0 Å². The molecule has 1 aromatic carbocycles. The van der Waals surface area contributed by atoms with Gasteiger partial charge in [-0.15, -0.1) is 11.8 Å². The third-order valence-corrected chi connectivity index (χ3v) is 3.42. The molecule has 0 aromatic heterocycles. The fraction of sp³-hybridized carbons (Fsp3) is 0.333. The van der Waals surface area contributed by atoms with Gasteiger partial charge in [-0.05, 0) is 25.1 Å². The Balaban J connectivity index is 2.63. The molecule has 2 N–H and O–H groups in total. The summed E-state index contributed by atoms with van der Waals surface area (Å²) in [6, 6.07) is 5.80. The molecular weight excluding hydrogens is 225 g/mol. The molecule has 1 rings (SSSR count). The number of halogens is 2. The van der Waals surface area contributed by atoms with E-state index in [0.717, 1.165) is 10.6 Å². The highest BCUT2D eigenvalue weighted by atomic mass is 35.5. The molecule has 0 aliphatic rings. The SMILES string of the molecule is CC(N)CSc1ccc(Cl)c(Cl)c1. The largest absolute Gasteiger partial charge is 0.327 e. The van der Waals surface area contributed by atoms with Crippen molar-refractivity contribution in [1.29, 1.82) is 0 Å². The minimum absolute atomic E-state index is 0.194. The van der Waals surface area contributed by atoms with E-state index in [1.807, 2.05) is 19.1 Å². The predicted molar refractivity (Wildman–Crippen MR) is 60.8 cm³/mol. The van der Waals surface area contributed by atoms with Crippen LogP contribution in [0.4, 0.5) is 0 Å². The van der Waals surface area contributed by atoms with Gasteiger partial charge in [0.2, 0.25) is 0 Å². The molecular formula is C9H11Cl2NS. The second-order valence-electron chi connectivity index (χ2n) is 2.86. The summed E-state index contributed by atoms with van der Waals surface area (Å²) in [5.74, 6) is 0.887. The van der Waals surface area contributed by atoms with Gasteiger partial charge >= 0.3 is 0 Å². The van der Waals surface area contributed by atoms with Gasteiger partial charge in [0.25, 0.3) is 0 Å². The van der Waals surface area contributed by atoms with Crippen LogP contribution in [-0.2, 0) is 0 Å². The van der Waals surface area contributed by atoms with Crippen molar-refractivity contribution in [3.63, 3.8) is 0 Å².